The Kier molecular flexibility index (Phi) is 4.66. The highest BCUT2D eigenvalue weighted by Crippen LogP contribution is 2.23. The van der Waals surface area contributed by atoms with Crippen molar-refractivity contribution in [1.82, 2.24) is 20.0 Å². The van der Waals surface area contributed by atoms with Crippen molar-refractivity contribution in [2.24, 2.45) is 5.92 Å². The van der Waals surface area contributed by atoms with Crippen LogP contribution in [0.1, 0.15) is 37.7 Å². The van der Waals surface area contributed by atoms with Gasteiger partial charge in [-0.15, -0.1) is 0 Å². The number of carbonyl (C=O) groups excluding carboxylic acids is 2. The van der Waals surface area contributed by atoms with Crippen molar-refractivity contribution >= 4 is 22.7 Å². The van der Waals surface area contributed by atoms with Gasteiger partial charge in [-0.25, -0.2) is 0 Å². The molecule has 1 aromatic heterocycles. The third-order valence-electron chi connectivity index (χ3n) is 5.41. The number of piperidine rings is 1. The zero-order valence-corrected chi connectivity index (χ0v) is 15.3. The summed E-state index contributed by atoms with van der Waals surface area (Å²) in [4.78, 5) is 26.8. The second-order valence-electron chi connectivity index (χ2n) is 7.64. The number of aryl methyl sites for hydroxylation is 2. The van der Waals surface area contributed by atoms with Crippen molar-refractivity contribution in [3.63, 3.8) is 0 Å². The molecule has 0 spiro atoms. The van der Waals surface area contributed by atoms with E-state index in [1.807, 2.05) is 15.8 Å². The van der Waals surface area contributed by atoms with E-state index >= 15 is 0 Å². The second kappa shape index (κ2) is 7.09. The molecule has 1 saturated heterocycles. The number of likely N-dealkylation sites (tertiary alicyclic amines) is 1. The number of nitrogens with one attached hydrogen (secondary N) is 1. The van der Waals surface area contributed by atoms with Gasteiger partial charge in [-0.1, -0.05) is 12.1 Å². The van der Waals surface area contributed by atoms with Gasteiger partial charge in [-0.2, -0.15) is 5.10 Å². The molecule has 1 aromatic carbocycles. The lowest BCUT2D eigenvalue weighted by atomic mass is 9.97. The Morgan fingerprint density at radius 2 is 2.12 bits per heavy atom. The van der Waals surface area contributed by atoms with Gasteiger partial charge < -0.3 is 10.2 Å². The van der Waals surface area contributed by atoms with Crippen LogP contribution in [0, 0.1) is 12.8 Å². The molecule has 6 nitrogen and oxygen atoms in total. The minimum Gasteiger partial charge on any atom is -0.353 e. The third kappa shape index (κ3) is 3.74. The summed E-state index contributed by atoms with van der Waals surface area (Å²) in [6, 6.07) is 6.61. The molecule has 1 atom stereocenters. The quantitative estimate of drug-likeness (QED) is 0.895. The Labute approximate surface area is 153 Å². The first kappa shape index (κ1) is 17.1. The molecule has 4 rings (SSSR count). The molecular weight excluding hydrogens is 328 g/mol. The highest BCUT2D eigenvalue weighted by atomic mass is 16.2. The van der Waals surface area contributed by atoms with Gasteiger partial charge >= 0.3 is 0 Å². The fourth-order valence-corrected chi connectivity index (χ4v) is 3.68. The fraction of sp³-hybridized carbons (Fsp3) is 0.550. The number of carbonyl (C=O) groups is 2. The largest absolute Gasteiger partial charge is 0.353 e. The highest BCUT2D eigenvalue weighted by Gasteiger charge is 2.31. The summed E-state index contributed by atoms with van der Waals surface area (Å²) in [6.45, 7) is 3.94. The van der Waals surface area contributed by atoms with Crippen molar-refractivity contribution in [3.05, 3.63) is 30.0 Å². The van der Waals surface area contributed by atoms with Crippen LogP contribution in [0.2, 0.25) is 0 Å². The zero-order valence-electron chi connectivity index (χ0n) is 15.3. The number of benzene rings is 1. The van der Waals surface area contributed by atoms with E-state index in [4.69, 9.17) is 0 Å². The molecule has 1 N–H and O–H groups in total. The van der Waals surface area contributed by atoms with Crippen LogP contribution in [-0.2, 0) is 16.1 Å². The average Bonchev–Trinajstić information content (AvgIpc) is 3.38. The SMILES string of the molecule is Cc1ccc2cnn(CCC(=O)N3CCCC(C(=O)NC4CC4)C3)c2c1. The van der Waals surface area contributed by atoms with Crippen molar-refractivity contribution in [3.8, 4) is 0 Å². The molecule has 2 aromatic rings. The van der Waals surface area contributed by atoms with Crippen LogP contribution in [0.3, 0.4) is 0 Å². The molecule has 26 heavy (non-hydrogen) atoms. The van der Waals surface area contributed by atoms with E-state index in [1.165, 1.54) is 5.56 Å². The van der Waals surface area contributed by atoms with Crippen molar-refractivity contribution in [1.29, 1.82) is 0 Å². The Balaban J connectivity index is 1.34. The van der Waals surface area contributed by atoms with Gasteiger partial charge in [0.25, 0.3) is 0 Å². The highest BCUT2D eigenvalue weighted by molar-refractivity contribution is 5.82. The molecule has 0 radical (unpaired) electrons. The summed E-state index contributed by atoms with van der Waals surface area (Å²) < 4.78 is 1.90. The van der Waals surface area contributed by atoms with Crippen LogP contribution in [0.15, 0.2) is 24.4 Å². The van der Waals surface area contributed by atoms with Gasteiger partial charge in [-0.05, 0) is 44.2 Å². The maximum Gasteiger partial charge on any atom is 0.225 e. The van der Waals surface area contributed by atoms with Crippen LogP contribution in [0.25, 0.3) is 10.9 Å². The first-order valence-corrected chi connectivity index (χ1v) is 9.60. The standard InChI is InChI=1S/C20H26N4O2/c1-14-4-5-15-12-21-24(18(15)11-14)10-8-19(25)23-9-2-3-16(13-23)20(26)22-17-6-7-17/h4-5,11-12,16-17H,2-3,6-10,13H2,1H3,(H,22,26). The molecule has 2 heterocycles. The summed E-state index contributed by atoms with van der Waals surface area (Å²) >= 11 is 0. The van der Waals surface area contributed by atoms with Crippen molar-refractivity contribution in [2.45, 2.75) is 51.6 Å². The minimum atomic E-state index is -0.0542. The normalized spacial score (nSPS) is 20.3. The van der Waals surface area contributed by atoms with E-state index < -0.39 is 0 Å². The van der Waals surface area contributed by atoms with E-state index in [0.29, 0.717) is 25.6 Å². The number of hydrogen-bond acceptors (Lipinski definition) is 3. The third-order valence-corrected chi connectivity index (χ3v) is 5.41. The average molecular weight is 354 g/mol. The molecule has 138 valence electrons. The summed E-state index contributed by atoms with van der Waals surface area (Å²) in [6.07, 6.45) is 6.24. The summed E-state index contributed by atoms with van der Waals surface area (Å²) in [5.41, 5.74) is 2.25. The maximum atomic E-state index is 12.7. The van der Waals surface area contributed by atoms with E-state index in [2.05, 4.69) is 35.5 Å². The second-order valence-corrected chi connectivity index (χ2v) is 7.64. The first-order valence-electron chi connectivity index (χ1n) is 9.60. The van der Waals surface area contributed by atoms with Crippen molar-refractivity contribution < 1.29 is 9.59 Å². The monoisotopic (exact) mass is 354 g/mol. The predicted octanol–water partition coefficient (Wildman–Crippen LogP) is 2.25. The van der Waals surface area contributed by atoms with Gasteiger partial charge in [0.1, 0.15) is 0 Å². The topological polar surface area (TPSA) is 67.2 Å². The number of rotatable bonds is 5. The number of fused-ring (bicyclic) bond motifs is 1. The lowest BCUT2D eigenvalue weighted by Gasteiger charge is -2.32. The van der Waals surface area contributed by atoms with E-state index in [0.717, 1.165) is 43.1 Å². The smallest absolute Gasteiger partial charge is 0.225 e. The molecule has 2 fully saturated rings. The Hall–Kier alpha value is -2.37. The van der Waals surface area contributed by atoms with Crippen molar-refractivity contribution in [2.75, 3.05) is 13.1 Å². The number of hydrogen-bond donors (Lipinski definition) is 1. The van der Waals surface area contributed by atoms with E-state index in [-0.39, 0.29) is 17.7 Å². The van der Waals surface area contributed by atoms with Gasteiger partial charge in [0.15, 0.2) is 0 Å². The molecule has 2 amide bonds. The summed E-state index contributed by atoms with van der Waals surface area (Å²) in [7, 11) is 0. The molecule has 1 saturated carbocycles. The fourth-order valence-electron chi connectivity index (χ4n) is 3.68. The maximum absolute atomic E-state index is 12.7. The van der Waals surface area contributed by atoms with Gasteiger partial charge in [0, 0.05) is 30.9 Å². The Morgan fingerprint density at radius 3 is 2.92 bits per heavy atom. The summed E-state index contributed by atoms with van der Waals surface area (Å²) in [5, 5.41) is 8.59. The molecule has 0 bridgehead atoms. The predicted molar refractivity (Wildman–Crippen MR) is 99.6 cm³/mol. The molecule has 2 aliphatic rings. The number of nitrogens with zero attached hydrogens (tertiary/aromatic N) is 3. The van der Waals surface area contributed by atoms with Crippen LogP contribution in [0.4, 0.5) is 0 Å². The molecule has 1 aliphatic carbocycles. The van der Waals surface area contributed by atoms with Crippen LogP contribution in [-0.4, -0.2) is 45.6 Å². The number of amides is 2. The Bertz CT molecular complexity index is 824. The number of aromatic nitrogens is 2. The van der Waals surface area contributed by atoms with E-state index in [1.54, 1.807) is 0 Å². The van der Waals surface area contributed by atoms with Gasteiger partial charge in [-0.3, -0.25) is 14.3 Å². The molecule has 6 heteroatoms. The molecular formula is C20H26N4O2. The lowest BCUT2D eigenvalue weighted by Crippen LogP contribution is -2.46. The zero-order chi connectivity index (χ0) is 18.1. The lowest BCUT2D eigenvalue weighted by molar-refractivity contribution is -0.136. The minimum absolute atomic E-state index is 0.0542. The first-order chi connectivity index (χ1) is 12.6. The van der Waals surface area contributed by atoms with Gasteiger partial charge in [0.05, 0.1) is 24.2 Å². The Morgan fingerprint density at radius 1 is 1.27 bits per heavy atom. The van der Waals surface area contributed by atoms with Crippen LogP contribution in [0.5, 0.6) is 0 Å². The van der Waals surface area contributed by atoms with Crippen LogP contribution < -0.4 is 5.32 Å². The molecule has 1 aliphatic heterocycles. The molecule has 1 unspecified atom stereocenters. The van der Waals surface area contributed by atoms with E-state index in [9.17, 15) is 9.59 Å². The van der Waals surface area contributed by atoms with Gasteiger partial charge in [0.2, 0.25) is 11.8 Å². The van der Waals surface area contributed by atoms with Crippen LogP contribution >= 0.6 is 0 Å². The summed E-state index contributed by atoms with van der Waals surface area (Å²) in [5.74, 6) is 0.185.